The molecule has 1 fully saturated rings. The zero-order chi connectivity index (χ0) is 15.5. The smallest absolute Gasteiger partial charge is 0.251 e. The summed E-state index contributed by atoms with van der Waals surface area (Å²) in [5.41, 5.74) is 7.80. The van der Waals surface area contributed by atoms with E-state index in [0.717, 1.165) is 43.7 Å². The molecule has 1 atom stereocenters. The van der Waals surface area contributed by atoms with E-state index in [1.54, 1.807) is 12.3 Å². The van der Waals surface area contributed by atoms with Crippen molar-refractivity contribution >= 4 is 5.82 Å². The number of rotatable bonds is 3. The molecule has 0 bridgehead atoms. The molecular formula is C16H21N5O. The molecule has 0 radical (unpaired) electrons. The average Bonchev–Trinajstić information content (AvgIpc) is 2.49. The first-order valence-electron chi connectivity index (χ1n) is 7.61. The monoisotopic (exact) mass is 299 g/mol. The number of pyridine rings is 1. The maximum absolute atomic E-state index is 11.6. The number of H-pyrrole nitrogens is 1. The zero-order valence-corrected chi connectivity index (χ0v) is 12.7. The Balaban J connectivity index is 1.74. The van der Waals surface area contributed by atoms with Gasteiger partial charge < -0.3 is 10.7 Å². The van der Waals surface area contributed by atoms with Crippen LogP contribution in [0, 0.1) is 6.92 Å². The molecule has 1 saturated heterocycles. The predicted octanol–water partition coefficient (Wildman–Crippen LogP) is 1.44. The van der Waals surface area contributed by atoms with Gasteiger partial charge in [-0.25, -0.2) is 9.97 Å². The van der Waals surface area contributed by atoms with E-state index in [0.29, 0.717) is 17.6 Å². The number of likely N-dealkylation sites (tertiary alicyclic amines) is 1. The number of nitrogens with two attached hydrogens (primary N) is 1. The lowest BCUT2D eigenvalue weighted by atomic mass is 9.94. The van der Waals surface area contributed by atoms with Gasteiger partial charge in [0.25, 0.3) is 5.56 Å². The van der Waals surface area contributed by atoms with Crippen LogP contribution in [0.5, 0.6) is 0 Å². The second-order valence-electron chi connectivity index (χ2n) is 5.88. The molecule has 1 unspecified atom stereocenters. The van der Waals surface area contributed by atoms with Gasteiger partial charge in [0.1, 0.15) is 11.6 Å². The van der Waals surface area contributed by atoms with Gasteiger partial charge in [-0.2, -0.15) is 0 Å². The Morgan fingerprint density at radius 2 is 2.36 bits per heavy atom. The lowest BCUT2D eigenvalue weighted by Crippen LogP contribution is -2.35. The van der Waals surface area contributed by atoms with Crippen molar-refractivity contribution in [3.63, 3.8) is 0 Å². The van der Waals surface area contributed by atoms with E-state index in [2.05, 4.69) is 19.9 Å². The van der Waals surface area contributed by atoms with Crippen LogP contribution in [-0.2, 0) is 6.54 Å². The third-order valence-corrected chi connectivity index (χ3v) is 4.12. The van der Waals surface area contributed by atoms with E-state index in [9.17, 15) is 4.79 Å². The van der Waals surface area contributed by atoms with E-state index < -0.39 is 0 Å². The van der Waals surface area contributed by atoms with Gasteiger partial charge in [-0.15, -0.1) is 0 Å². The van der Waals surface area contributed by atoms with Crippen molar-refractivity contribution in [3.05, 3.63) is 51.8 Å². The van der Waals surface area contributed by atoms with Crippen LogP contribution in [0.15, 0.2) is 29.2 Å². The molecule has 0 spiro atoms. The molecule has 3 N–H and O–H groups in total. The Morgan fingerprint density at radius 3 is 3.14 bits per heavy atom. The van der Waals surface area contributed by atoms with Crippen LogP contribution in [0.2, 0.25) is 0 Å². The van der Waals surface area contributed by atoms with Gasteiger partial charge in [-0.3, -0.25) is 9.69 Å². The quantitative estimate of drug-likeness (QED) is 0.895. The second kappa shape index (κ2) is 6.27. The maximum atomic E-state index is 11.6. The lowest BCUT2D eigenvalue weighted by Gasteiger charge is -2.32. The first-order chi connectivity index (χ1) is 10.6. The van der Waals surface area contributed by atoms with Crippen LogP contribution in [0.4, 0.5) is 5.82 Å². The third-order valence-electron chi connectivity index (χ3n) is 4.12. The van der Waals surface area contributed by atoms with Crippen molar-refractivity contribution < 1.29 is 0 Å². The highest BCUT2D eigenvalue weighted by Gasteiger charge is 2.23. The van der Waals surface area contributed by atoms with Crippen molar-refractivity contribution in [2.75, 3.05) is 18.8 Å². The van der Waals surface area contributed by atoms with E-state index in [1.165, 1.54) is 0 Å². The molecule has 1 aliphatic rings. The number of hydrogen-bond donors (Lipinski definition) is 2. The van der Waals surface area contributed by atoms with Gasteiger partial charge in [0.2, 0.25) is 0 Å². The summed E-state index contributed by atoms with van der Waals surface area (Å²) in [7, 11) is 0. The minimum absolute atomic E-state index is 0.0730. The van der Waals surface area contributed by atoms with Crippen LogP contribution in [0.25, 0.3) is 0 Å². The molecule has 1 aliphatic heterocycles. The van der Waals surface area contributed by atoms with Crippen LogP contribution >= 0.6 is 0 Å². The largest absolute Gasteiger partial charge is 0.383 e. The van der Waals surface area contributed by atoms with Crippen molar-refractivity contribution in [2.24, 2.45) is 0 Å². The molecular weight excluding hydrogens is 278 g/mol. The van der Waals surface area contributed by atoms with Crippen LogP contribution in [-0.4, -0.2) is 32.9 Å². The van der Waals surface area contributed by atoms with Crippen molar-refractivity contribution in [3.8, 4) is 0 Å². The third kappa shape index (κ3) is 3.33. The molecule has 0 saturated carbocycles. The van der Waals surface area contributed by atoms with Gasteiger partial charge >= 0.3 is 0 Å². The SMILES string of the molecule is Cc1nc(C2CCCN(Cc3cccnc3N)C2)cc(=O)[nH]1. The number of nitrogen functional groups attached to an aromatic ring is 1. The number of aryl methyl sites for hydroxylation is 1. The number of aromatic nitrogens is 3. The summed E-state index contributed by atoms with van der Waals surface area (Å²) in [6.07, 6.45) is 3.87. The summed E-state index contributed by atoms with van der Waals surface area (Å²) in [5, 5.41) is 0. The van der Waals surface area contributed by atoms with Gasteiger partial charge in [0.15, 0.2) is 0 Å². The standard InChI is InChI=1S/C16H21N5O/c1-11-19-14(8-15(22)20-11)12-5-3-7-21(9-12)10-13-4-2-6-18-16(13)17/h2,4,6,8,12H,3,5,7,9-10H2,1H3,(H2,17,18)(H,19,20,22). The van der Waals surface area contributed by atoms with Gasteiger partial charge in [0, 0.05) is 36.8 Å². The Labute approximate surface area is 129 Å². The summed E-state index contributed by atoms with van der Waals surface area (Å²) in [6.45, 7) is 4.54. The molecule has 2 aromatic rings. The fourth-order valence-corrected chi connectivity index (χ4v) is 3.08. The first kappa shape index (κ1) is 14.7. The average molecular weight is 299 g/mol. The number of nitrogens with one attached hydrogen (secondary N) is 1. The summed E-state index contributed by atoms with van der Waals surface area (Å²) in [5.74, 6) is 1.57. The summed E-state index contributed by atoms with van der Waals surface area (Å²) >= 11 is 0. The van der Waals surface area contributed by atoms with Crippen molar-refractivity contribution in [2.45, 2.75) is 32.2 Å². The van der Waals surface area contributed by atoms with E-state index in [-0.39, 0.29) is 5.56 Å². The molecule has 0 aliphatic carbocycles. The fraction of sp³-hybridized carbons (Fsp3) is 0.438. The highest BCUT2D eigenvalue weighted by atomic mass is 16.1. The van der Waals surface area contributed by atoms with Gasteiger partial charge in [0.05, 0.1) is 5.69 Å². The van der Waals surface area contributed by atoms with Crippen molar-refractivity contribution in [1.82, 2.24) is 19.9 Å². The van der Waals surface area contributed by atoms with Crippen molar-refractivity contribution in [1.29, 1.82) is 0 Å². The Bertz CT molecular complexity index is 712. The molecule has 3 rings (SSSR count). The Morgan fingerprint density at radius 1 is 1.50 bits per heavy atom. The number of anilines is 1. The number of piperidine rings is 1. The molecule has 2 aromatic heterocycles. The molecule has 116 valence electrons. The lowest BCUT2D eigenvalue weighted by molar-refractivity contribution is 0.198. The summed E-state index contributed by atoms with van der Waals surface area (Å²) < 4.78 is 0. The second-order valence-corrected chi connectivity index (χ2v) is 5.88. The zero-order valence-electron chi connectivity index (χ0n) is 12.7. The Hall–Kier alpha value is -2.21. The molecule has 6 heteroatoms. The molecule has 6 nitrogen and oxygen atoms in total. The fourth-order valence-electron chi connectivity index (χ4n) is 3.08. The number of nitrogens with zero attached hydrogens (tertiary/aromatic N) is 3. The maximum Gasteiger partial charge on any atom is 0.251 e. The van der Waals surface area contributed by atoms with Gasteiger partial charge in [-0.05, 0) is 32.4 Å². The highest BCUT2D eigenvalue weighted by Crippen LogP contribution is 2.26. The van der Waals surface area contributed by atoms with E-state index in [4.69, 9.17) is 5.73 Å². The van der Waals surface area contributed by atoms with E-state index >= 15 is 0 Å². The Kier molecular flexibility index (Phi) is 4.20. The topological polar surface area (TPSA) is 87.9 Å². The van der Waals surface area contributed by atoms with Crippen LogP contribution < -0.4 is 11.3 Å². The van der Waals surface area contributed by atoms with Crippen LogP contribution in [0.3, 0.4) is 0 Å². The minimum atomic E-state index is -0.0730. The molecule has 0 amide bonds. The summed E-state index contributed by atoms with van der Waals surface area (Å²) in [4.78, 5) is 25.3. The minimum Gasteiger partial charge on any atom is -0.383 e. The highest BCUT2D eigenvalue weighted by molar-refractivity contribution is 5.38. The van der Waals surface area contributed by atoms with Crippen LogP contribution in [0.1, 0.15) is 35.8 Å². The van der Waals surface area contributed by atoms with Gasteiger partial charge in [-0.1, -0.05) is 6.07 Å². The first-order valence-corrected chi connectivity index (χ1v) is 7.61. The van der Waals surface area contributed by atoms with E-state index in [1.807, 2.05) is 19.1 Å². The molecule has 3 heterocycles. The normalized spacial score (nSPS) is 19.2. The number of aromatic amines is 1. The predicted molar refractivity (Wildman–Crippen MR) is 85.5 cm³/mol. The molecule has 0 aromatic carbocycles. The summed E-state index contributed by atoms with van der Waals surface area (Å²) in [6, 6.07) is 5.55. The molecule has 22 heavy (non-hydrogen) atoms. The number of hydrogen-bond acceptors (Lipinski definition) is 5.